The molecular formula is C27H24ClFN4O3S. The molecule has 0 bridgehead atoms. The van der Waals surface area contributed by atoms with Crippen LogP contribution in [0.5, 0.6) is 0 Å². The van der Waals surface area contributed by atoms with E-state index in [0.29, 0.717) is 10.6 Å². The number of rotatable bonds is 6. The average Bonchev–Trinajstić information content (AvgIpc) is 3.11. The van der Waals surface area contributed by atoms with Crippen LogP contribution in [0.2, 0.25) is 5.02 Å². The number of aromatic nitrogens is 1. The lowest BCUT2D eigenvalue weighted by atomic mass is 9.82. The first-order valence-corrected chi connectivity index (χ1v) is 13.2. The molecule has 1 aliphatic heterocycles. The predicted octanol–water partition coefficient (Wildman–Crippen LogP) is 5.43. The summed E-state index contributed by atoms with van der Waals surface area (Å²) in [4.78, 5) is 17.9. The highest BCUT2D eigenvalue weighted by Gasteiger charge is 2.40. The molecule has 2 N–H and O–H groups in total. The Morgan fingerprint density at radius 2 is 2.08 bits per heavy atom. The number of hydrogen-bond acceptors (Lipinski definition) is 8. The van der Waals surface area contributed by atoms with Crippen molar-refractivity contribution in [3.63, 3.8) is 0 Å². The minimum atomic E-state index is -1.22. The molecule has 190 valence electrons. The van der Waals surface area contributed by atoms with E-state index in [1.165, 1.54) is 30.0 Å². The molecule has 0 amide bonds. The molecule has 2 heterocycles. The molecule has 0 spiro atoms. The standard InChI is InChI=1S/C27H24ClFN4O3S/c1-2-35-27(34)24-21(14-37-26-16(12-30)11-15-7-4-3-5-10-20(15)33-26)36-25(32)17(13-31)22(24)23-18(28)8-6-9-19(23)29/h6,8-9,11,22H,2-5,7,10,14,32H2,1H3/t22-/m0/s1. The van der Waals surface area contributed by atoms with Gasteiger partial charge in [-0.15, -0.1) is 0 Å². The molecule has 2 aliphatic rings. The number of fused-ring (bicyclic) bond motifs is 1. The van der Waals surface area contributed by atoms with Crippen LogP contribution in [0, 0.1) is 28.5 Å². The fourth-order valence-corrected chi connectivity index (χ4v) is 5.74. The molecule has 1 aromatic heterocycles. The zero-order chi connectivity index (χ0) is 26.5. The molecular weight excluding hydrogens is 515 g/mol. The van der Waals surface area contributed by atoms with E-state index < -0.39 is 17.7 Å². The Hall–Kier alpha value is -3.53. The number of carbonyl (C=O) groups excluding carboxylic acids is 1. The summed E-state index contributed by atoms with van der Waals surface area (Å²) in [6.07, 6.45) is 4.91. The molecule has 2 aromatic rings. The lowest BCUT2D eigenvalue weighted by Gasteiger charge is -2.28. The monoisotopic (exact) mass is 538 g/mol. The van der Waals surface area contributed by atoms with Crippen molar-refractivity contribution in [1.29, 1.82) is 10.5 Å². The second-order valence-electron chi connectivity index (χ2n) is 8.53. The van der Waals surface area contributed by atoms with Crippen molar-refractivity contribution in [3.05, 3.63) is 80.3 Å². The van der Waals surface area contributed by atoms with Crippen LogP contribution in [0.1, 0.15) is 54.5 Å². The first-order chi connectivity index (χ1) is 17.9. The summed E-state index contributed by atoms with van der Waals surface area (Å²) in [5, 5.41) is 20.1. The molecule has 37 heavy (non-hydrogen) atoms. The van der Waals surface area contributed by atoms with Gasteiger partial charge in [-0.3, -0.25) is 0 Å². The number of nitriles is 2. The fourth-order valence-electron chi connectivity index (χ4n) is 4.55. The van der Waals surface area contributed by atoms with E-state index in [-0.39, 0.29) is 45.7 Å². The van der Waals surface area contributed by atoms with Gasteiger partial charge in [0.1, 0.15) is 34.3 Å². The van der Waals surface area contributed by atoms with Crippen LogP contribution in [0.15, 0.2) is 52.1 Å². The number of nitrogens with zero attached hydrogens (tertiary/aromatic N) is 3. The van der Waals surface area contributed by atoms with Gasteiger partial charge in [0.05, 0.1) is 29.4 Å². The second kappa shape index (κ2) is 11.7. The minimum absolute atomic E-state index is 0.0282. The number of ether oxygens (including phenoxy) is 2. The third-order valence-corrected chi connectivity index (χ3v) is 7.58. The van der Waals surface area contributed by atoms with E-state index >= 15 is 4.39 Å². The number of thioether (sulfide) groups is 1. The number of hydrogen-bond donors (Lipinski definition) is 1. The van der Waals surface area contributed by atoms with E-state index in [1.807, 2.05) is 12.1 Å². The predicted molar refractivity (Wildman–Crippen MR) is 137 cm³/mol. The third-order valence-electron chi connectivity index (χ3n) is 6.26. The van der Waals surface area contributed by atoms with Crippen molar-refractivity contribution in [2.75, 3.05) is 12.4 Å². The number of pyridine rings is 1. The highest BCUT2D eigenvalue weighted by Crippen LogP contribution is 2.44. The molecule has 7 nitrogen and oxygen atoms in total. The number of halogens is 2. The van der Waals surface area contributed by atoms with Crippen LogP contribution in [0.25, 0.3) is 0 Å². The highest BCUT2D eigenvalue weighted by molar-refractivity contribution is 7.99. The molecule has 0 saturated heterocycles. The summed E-state index contributed by atoms with van der Waals surface area (Å²) in [7, 11) is 0. The van der Waals surface area contributed by atoms with Gasteiger partial charge in [-0.05, 0) is 56.4 Å². The summed E-state index contributed by atoms with van der Waals surface area (Å²) in [6.45, 7) is 1.68. The van der Waals surface area contributed by atoms with E-state index in [2.05, 4.69) is 6.07 Å². The Morgan fingerprint density at radius 1 is 1.30 bits per heavy atom. The van der Waals surface area contributed by atoms with Crippen molar-refractivity contribution in [2.24, 2.45) is 5.73 Å². The topological polar surface area (TPSA) is 122 Å². The number of benzene rings is 1. The zero-order valence-corrected chi connectivity index (χ0v) is 21.7. The summed E-state index contributed by atoms with van der Waals surface area (Å²) in [5.74, 6) is -2.84. The Kier molecular flexibility index (Phi) is 8.38. The van der Waals surface area contributed by atoms with Crippen molar-refractivity contribution in [1.82, 2.24) is 4.98 Å². The minimum Gasteiger partial charge on any atom is -0.463 e. The summed E-state index contributed by atoms with van der Waals surface area (Å²) in [6, 6.07) is 10.1. The van der Waals surface area contributed by atoms with Crippen LogP contribution >= 0.6 is 23.4 Å². The van der Waals surface area contributed by atoms with Crippen LogP contribution in [-0.2, 0) is 27.1 Å². The van der Waals surface area contributed by atoms with E-state index in [0.717, 1.165) is 43.4 Å². The molecule has 1 aliphatic carbocycles. The van der Waals surface area contributed by atoms with Crippen molar-refractivity contribution in [3.8, 4) is 12.1 Å². The van der Waals surface area contributed by atoms with Gasteiger partial charge in [0.2, 0.25) is 5.88 Å². The molecule has 0 fully saturated rings. The van der Waals surface area contributed by atoms with Crippen LogP contribution in [-0.4, -0.2) is 23.3 Å². The first kappa shape index (κ1) is 26.5. The van der Waals surface area contributed by atoms with Crippen molar-refractivity contribution in [2.45, 2.75) is 50.0 Å². The van der Waals surface area contributed by atoms with Gasteiger partial charge in [0.15, 0.2) is 0 Å². The van der Waals surface area contributed by atoms with Gasteiger partial charge in [-0.25, -0.2) is 14.2 Å². The molecule has 4 rings (SSSR count). The molecule has 1 atom stereocenters. The number of nitrogens with two attached hydrogens (primary N) is 1. The summed E-state index contributed by atoms with van der Waals surface area (Å²) in [5.41, 5.74) is 8.27. The molecule has 0 saturated carbocycles. The maximum absolute atomic E-state index is 15.0. The maximum atomic E-state index is 15.0. The Bertz CT molecular complexity index is 1370. The quantitative estimate of drug-likeness (QED) is 0.293. The number of allylic oxidation sites excluding steroid dienone is 1. The van der Waals surface area contributed by atoms with Gasteiger partial charge >= 0.3 is 5.97 Å². The summed E-state index contributed by atoms with van der Waals surface area (Å²) < 4.78 is 26.1. The van der Waals surface area contributed by atoms with Gasteiger partial charge in [-0.1, -0.05) is 35.9 Å². The first-order valence-electron chi connectivity index (χ1n) is 11.9. The smallest absolute Gasteiger partial charge is 0.338 e. The Morgan fingerprint density at radius 3 is 2.78 bits per heavy atom. The van der Waals surface area contributed by atoms with Gasteiger partial charge in [0, 0.05) is 16.3 Å². The number of aryl methyl sites for hydroxylation is 2. The highest BCUT2D eigenvalue weighted by atomic mass is 35.5. The normalized spacial score (nSPS) is 17.3. The molecule has 0 unspecified atom stereocenters. The van der Waals surface area contributed by atoms with Crippen molar-refractivity contribution >= 4 is 29.3 Å². The van der Waals surface area contributed by atoms with Crippen molar-refractivity contribution < 1.29 is 18.7 Å². The lowest BCUT2D eigenvalue weighted by Crippen LogP contribution is -2.27. The maximum Gasteiger partial charge on any atom is 0.338 e. The largest absolute Gasteiger partial charge is 0.463 e. The summed E-state index contributed by atoms with van der Waals surface area (Å²) >= 11 is 7.54. The molecule has 0 radical (unpaired) electrons. The van der Waals surface area contributed by atoms with E-state index in [9.17, 15) is 15.3 Å². The second-order valence-corrected chi connectivity index (χ2v) is 9.90. The van der Waals surface area contributed by atoms with E-state index in [1.54, 1.807) is 6.92 Å². The van der Waals surface area contributed by atoms with Gasteiger partial charge in [-0.2, -0.15) is 10.5 Å². The zero-order valence-electron chi connectivity index (χ0n) is 20.1. The Balaban J connectivity index is 1.80. The average molecular weight is 539 g/mol. The lowest BCUT2D eigenvalue weighted by molar-refractivity contribution is -0.139. The Labute approximate surface area is 223 Å². The van der Waals surface area contributed by atoms with Gasteiger partial charge in [0.25, 0.3) is 0 Å². The number of carbonyl (C=O) groups is 1. The molecule has 1 aromatic carbocycles. The van der Waals surface area contributed by atoms with Gasteiger partial charge < -0.3 is 15.2 Å². The molecule has 10 heteroatoms. The SMILES string of the molecule is CCOC(=O)C1=C(CSc2nc3c(cc2C#N)CCCCC3)OC(N)=C(C#N)[C@H]1c1c(F)cccc1Cl. The fraction of sp³-hybridized carbons (Fsp3) is 0.333. The van der Waals surface area contributed by atoms with E-state index in [4.69, 9.17) is 31.8 Å². The third kappa shape index (κ3) is 5.44. The van der Waals surface area contributed by atoms with Crippen LogP contribution in [0.3, 0.4) is 0 Å². The van der Waals surface area contributed by atoms with Crippen LogP contribution in [0.4, 0.5) is 4.39 Å². The number of esters is 1. The van der Waals surface area contributed by atoms with Crippen LogP contribution < -0.4 is 5.73 Å².